The first-order valence-electron chi connectivity index (χ1n) is 16.4. The molecule has 0 saturated carbocycles. The van der Waals surface area contributed by atoms with E-state index in [0.29, 0.717) is 0 Å². The first-order chi connectivity index (χ1) is 24.2. The number of hydrogen-bond acceptors (Lipinski definition) is 2. The molecular weight excluding hydrogens is 601 g/mol. The molecule has 0 radical (unpaired) electrons. The second-order valence-corrected chi connectivity index (χ2v) is 12.2. The van der Waals surface area contributed by atoms with E-state index in [9.17, 15) is 0 Å². The summed E-state index contributed by atoms with van der Waals surface area (Å²) in [5.41, 5.74) is 11.4. The fraction of sp³-hybridized carbons (Fsp3) is 0.0233. The molecule has 0 amide bonds. The van der Waals surface area contributed by atoms with Gasteiger partial charge in [0.1, 0.15) is 0 Å². The fourth-order valence-corrected chi connectivity index (χ4v) is 6.90. The summed E-state index contributed by atoms with van der Waals surface area (Å²) in [6.45, 7) is 6.06. The average molecular weight is 633 g/mol. The molecule has 0 N–H and O–H groups in total. The van der Waals surface area contributed by atoms with Gasteiger partial charge >= 0.3 is 0 Å². The summed E-state index contributed by atoms with van der Waals surface area (Å²) in [6.07, 6.45) is 14.1. The lowest BCUT2D eigenvalue weighted by Crippen LogP contribution is -2.04. The van der Waals surface area contributed by atoms with E-state index >= 15 is 0 Å². The molecule has 0 aliphatic heterocycles. The number of aromatic nitrogens is 6. The van der Waals surface area contributed by atoms with E-state index in [1.54, 1.807) is 0 Å². The summed E-state index contributed by atoms with van der Waals surface area (Å²) in [4.78, 5) is 0. The van der Waals surface area contributed by atoms with Crippen molar-refractivity contribution in [3.8, 4) is 33.9 Å². The molecule has 0 fully saturated rings. The number of rotatable bonds is 7. The van der Waals surface area contributed by atoms with Gasteiger partial charge in [-0.3, -0.25) is 0 Å². The highest BCUT2D eigenvalue weighted by atomic mass is 15.3. The van der Waals surface area contributed by atoms with E-state index in [1.807, 2.05) is 46.9 Å². The zero-order valence-corrected chi connectivity index (χ0v) is 27.0. The summed E-state index contributed by atoms with van der Waals surface area (Å²) < 4.78 is 8.54. The van der Waals surface area contributed by atoms with Crippen molar-refractivity contribution in [3.05, 3.63) is 170 Å². The van der Waals surface area contributed by atoms with Crippen LogP contribution in [0.3, 0.4) is 0 Å². The summed E-state index contributed by atoms with van der Waals surface area (Å²) in [5, 5.41) is 13.2. The molecule has 5 aromatic carbocycles. The lowest BCUT2D eigenvalue weighted by molar-refractivity contribution is 0.860. The molecule has 6 nitrogen and oxygen atoms in total. The maximum Gasteiger partial charge on any atom is 0.0741 e. The Balaban J connectivity index is 1.32. The van der Waals surface area contributed by atoms with Gasteiger partial charge in [-0.25, -0.2) is 9.36 Å². The van der Waals surface area contributed by atoms with Crippen molar-refractivity contribution in [3.63, 3.8) is 0 Å². The smallest absolute Gasteiger partial charge is 0.0741 e. The second kappa shape index (κ2) is 11.5. The van der Waals surface area contributed by atoms with Crippen LogP contribution in [-0.2, 0) is 0 Å². The predicted molar refractivity (Wildman–Crippen MR) is 202 cm³/mol. The fourth-order valence-electron chi connectivity index (χ4n) is 6.90. The highest BCUT2D eigenvalue weighted by molar-refractivity contribution is 5.86. The van der Waals surface area contributed by atoms with Crippen LogP contribution >= 0.6 is 0 Å². The SMILES string of the molecule is C=Cc1cnn(-c2cc(-c3cc(-n4ccc5ccccc54)cc(-n4ccc5ccccc54)c3)cc(-n3ncc4ccccc43)c2)c1/C=C\C. The molecular formula is C43H32N6. The maximum absolute atomic E-state index is 4.85. The van der Waals surface area contributed by atoms with E-state index in [0.717, 1.165) is 67.1 Å². The van der Waals surface area contributed by atoms with Gasteiger partial charge in [-0.2, -0.15) is 10.2 Å². The zero-order chi connectivity index (χ0) is 32.9. The normalized spacial score (nSPS) is 11.8. The van der Waals surface area contributed by atoms with Crippen molar-refractivity contribution in [1.82, 2.24) is 28.7 Å². The van der Waals surface area contributed by atoms with Crippen molar-refractivity contribution >= 4 is 44.9 Å². The Morgan fingerprint density at radius 2 is 1.04 bits per heavy atom. The average Bonchev–Trinajstić information content (AvgIpc) is 3.96. The number of nitrogens with zero attached hydrogens (tertiary/aromatic N) is 6. The van der Waals surface area contributed by atoms with Crippen LogP contribution in [-0.4, -0.2) is 28.7 Å². The molecule has 49 heavy (non-hydrogen) atoms. The molecule has 0 saturated heterocycles. The lowest BCUT2D eigenvalue weighted by atomic mass is 10.0. The van der Waals surface area contributed by atoms with E-state index in [-0.39, 0.29) is 0 Å². The Bertz CT molecular complexity index is 2620. The summed E-state index contributed by atoms with van der Waals surface area (Å²) in [7, 11) is 0. The van der Waals surface area contributed by atoms with Crippen LogP contribution in [0.4, 0.5) is 0 Å². The standard InChI is InChI=1S/C43H32N6/c1-3-11-42-30(4-2)28-44-48(42)38-24-35(25-39(27-38)49-43-17-10-7-14-33(43)29-45-49)34-22-36(46-20-18-31-12-5-8-15-40(31)46)26-37(23-34)47-21-19-32-13-6-9-16-41(32)47/h3-29H,2H2,1H3/b11-3-. The van der Waals surface area contributed by atoms with Crippen molar-refractivity contribution < 1.29 is 0 Å². The van der Waals surface area contributed by atoms with Crippen LogP contribution in [0.5, 0.6) is 0 Å². The van der Waals surface area contributed by atoms with Gasteiger partial charge in [0.05, 0.1) is 46.0 Å². The summed E-state index contributed by atoms with van der Waals surface area (Å²) in [5.74, 6) is 0. The molecule has 0 bridgehead atoms. The largest absolute Gasteiger partial charge is 0.316 e. The highest BCUT2D eigenvalue weighted by Gasteiger charge is 2.16. The predicted octanol–water partition coefficient (Wildman–Crippen LogP) is 10.4. The van der Waals surface area contributed by atoms with Gasteiger partial charge in [0.25, 0.3) is 0 Å². The van der Waals surface area contributed by atoms with Crippen LogP contribution < -0.4 is 0 Å². The van der Waals surface area contributed by atoms with Gasteiger partial charge in [0.2, 0.25) is 0 Å². The third-order valence-corrected chi connectivity index (χ3v) is 9.24. The molecule has 0 aliphatic carbocycles. The Kier molecular flexibility index (Phi) is 6.73. The Hall–Kier alpha value is -6.66. The number of para-hydroxylation sites is 3. The van der Waals surface area contributed by atoms with Gasteiger partial charge in [0, 0.05) is 34.7 Å². The molecule has 0 atom stereocenters. The number of benzene rings is 5. The zero-order valence-electron chi connectivity index (χ0n) is 27.0. The molecule has 4 heterocycles. The number of fused-ring (bicyclic) bond motifs is 3. The second-order valence-electron chi connectivity index (χ2n) is 12.2. The van der Waals surface area contributed by atoms with E-state index in [2.05, 4.69) is 149 Å². The van der Waals surface area contributed by atoms with E-state index in [4.69, 9.17) is 10.2 Å². The van der Waals surface area contributed by atoms with Gasteiger partial charge < -0.3 is 9.13 Å². The molecule has 9 rings (SSSR count). The lowest BCUT2D eigenvalue weighted by Gasteiger charge is -2.16. The molecule has 6 heteroatoms. The molecule has 234 valence electrons. The minimum absolute atomic E-state index is 0.929. The van der Waals surface area contributed by atoms with Crippen molar-refractivity contribution in [1.29, 1.82) is 0 Å². The van der Waals surface area contributed by atoms with Crippen molar-refractivity contribution in [2.75, 3.05) is 0 Å². The van der Waals surface area contributed by atoms with Crippen LogP contribution in [0.25, 0.3) is 78.7 Å². The topological polar surface area (TPSA) is 45.5 Å². The molecule has 9 aromatic rings. The van der Waals surface area contributed by atoms with E-state index in [1.165, 1.54) is 10.8 Å². The van der Waals surface area contributed by atoms with Gasteiger partial charge in [-0.1, -0.05) is 73.3 Å². The van der Waals surface area contributed by atoms with Crippen LogP contribution in [0.2, 0.25) is 0 Å². The first-order valence-corrected chi connectivity index (χ1v) is 16.4. The third-order valence-electron chi connectivity index (χ3n) is 9.24. The molecule has 0 aliphatic rings. The maximum atomic E-state index is 4.85. The van der Waals surface area contributed by atoms with Crippen molar-refractivity contribution in [2.24, 2.45) is 0 Å². The van der Waals surface area contributed by atoms with Gasteiger partial charge in [-0.15, -0.1) is 0 Å². The van der Waals surface area contributed by atoms with Crippen LogP contribution in [0.1, 0.15) is 18.2 Å². The summed E-state index contributed by atoms with van der Waals surface area (Å²) in [6, 6.07) is 43.1. The Labute approximate surface area is 283 Å². The van der Waals surface area contributed by atoms with Gasteiger partial charge in [0.15, 0.2) is 0 Å². The summed E-state index contributed by atoms with van der Waals surface area (Å²) >= 11 is 0. The Morgan fingerprint density at radius 1 is 0.531 bits per heavy atom. The molecule has 0 unspecified atom stereocenters. The monoisotopic (exact) mass is 632 g/mol. The quantitative estimate of drug-likeness (QED) is 0.176. The third kappa shape index (κ3) is 4.81. The van der Waals surface area contributed by atoms with Crippen molar-refractivity contribution in [2.45, 2.75) is 6.92 Å². The van der Waals surface area contributed by atoms with Gasteiger partial charge in [-0.05, 0) is 102 Å². The first kappa shape index (κ1) is 28.6. The minimum atomic E-state index is 0.929. The minimum Gasteiger partial charge on any atom is -0.316 e. The highest BCUT2D eigenvalue weighted by Crippen LogP contribution is 2.34. The van der Waals surface area contributed by atoms with Crippen LogP contribution in [0.15, 0.2) is 159 Å². The molecule has 0 spiro atoms. The number of allylic oxidation sites excluding steroid dienone is 1. The molecule has 4 aromatic heterocycles. The number of hydrogen-bond donors (Lipinski definition) is 0. The van der Waals surface area contributed by atoms with E-state index < -0.39 is 0 Å². The van der Waals surface area contributed by atoms with Crippen LogP contribution in [0, 0.1) is 0 Å². The Morgan fingerprint density at radius 3 is 1.65 bits per heavy atom.